The highest BCUT2D eigenvalue weighted by molar-refractivity contribution is 8.76. The van der Waals surface area contributed by atoms with Crippen LogP contribution >= 0.6 is 29.4 Å². The summed E-state index contributed by atoms with van der Waals surface area (Å²) in [5, 5.41) is 2.63. The van der Waals surface area contributed by atoms with Crippen LogP contribution in [-0.2, 0) is 43.8 Å². The molecule has 12 heteroatoms. The number of rotatable bonds is 9. The van der Waals surface area contributed by atoms with E-state index in [9.17, 15) is 14.2 Å². The number of methoxy groups -OCH3 is 1. The van der Waals surface area contributed by atoms with E-state index in [1.807, 2.05) is 30.3 Å². The summed E-state index contributed by atoms with van der Waals surface area (Å²) in [5.74, 6) is 0.276. The Morgan fingerprint density at radius 1 is 1.18 bits per heavy atom. The van der Waals surface area contributed by atoms with Gasteiger partial charge in [0.05, 0.1) is 32.8 Å². The van der Waals surface area contributed by atoms with Crippen LogP contribution < -0.4 is 5.32 Å². The van der Waals surface area contributed by atoms with Crippen molar-refractivity contribution in [3.63, 3.8) is 0 Å². The zero-order chi connectivity index (χ0) is 23.9. The molecule has 0 saturated carbocycles. The Hall–Kier alpha value is -1.07. The summed E-state index contributed by atoms with van der Waals surface area (Å²) >= 11 is 0. The van der Waals surface area contributed by atoms with E-state index in [-0.39, 0.29) is 25.7 Å². The van der Waals surface area contributed by atoms with Crippen molar-refractivity contribution in [2.75, 3.05) is 31.8 Å². The van der Waals surface area contributed by atoms with Crippen LogP contribution in [0.4, 0.5) is 0 Å². The highest BCUT2D eigenvalue weighted by Gasteiger charge is 2.50. The normalized spacial score (nSPS) is 29.2. The van der Waals surface area contributed by atoms with Gasteiger partial charge in [0.25, 0.3) is 0 Å². The number of benzene rings is 1. The lowest BCUT2D eigenvalue weighted by Gasteiger charge is -2.41. The van der Waals surface area contributed by atoms with Crippen molar-refractivity contribution in [2.24, 2.45) is 5.41 Å². The lowest BCUT2D eigenvalue weighted by molar-refractivity contribution is -0.144. The molecule has 0 aromatic heterocycles. The monoisotopic (exact) mass is 519 g/mol. The van der Waals surface area contributed by atoms with Crippen LogP contribution in [0.25, 0.3) is 0 Å². The molecule has 2 heterocycles. The number of phosphoric acid groups is 1. The minimum atomic E-state index is -4.02. The summed E-state index contributed by atoms with van der Waals surface area (Å²) in [6.45, 7) is 4.06. The van der Waals surface area contributed by atoms with E-state index >= 15 is 0 Å². The Morgan fingerprint density at radius 2 is 1.88 bits per heavy atom. The number of phosphoric ester groups is 1. The van der Waals surface area contributed by atoms with Gasteiger partial charge in [-0.15, -0.1) is 0 Å². The first-order valence-electron chi connectivity index (χ1n) is 10.6. The summed E-state index contributed by atoms with van der Waals surface area (Å²) in [7, 11) is 0.517. The van der Waals surface area contributed by atoms with E-state index in [0.29, 0.717) is 18.1 Å². The molecule has 1 N–H and O–H groups in total. The lowest BCUT2D eigenvalue weighted by atomic mass is 9.87. The van der Waals surface area contributed by atoms with E-state index in [1.165, 1.54) is 7.11 Å². The molecule has 2 aliphatic rings. The van der Waals surface area contributed by atoms with E-state index in [2.05, 4.69) is 10.1 Å². The van der Waals surface area contributed by atoms with Crippen LogP contribution in [-0.4, -0.2) is 62.0 Å². The molecule has 0 bridgehead atoms. The quantitative estimate of drug-likeness (QED) is 0.295. The fraction of sp³-hybridized carbons (Fsp3) is 0.619. The van der Waals surface area contributed by atoms with Crippen molar-refractivity contribution in [1.29, 1.82) is 0 Å². The largest absolute Gasteiger partial charge is 0.475 e. The molecule has 2 fully saturated rings. The molecule has 2 saturated heterocycles. The van der Waals surface area contributed by atoms with Crippen LogP contribution in [0.3, 0.4) is 0 Å². The zero-order valence-electron chi connectivity index (χ0n) is 18.9. The predicted molar refractivity (Wildman–Crippen MR) is 127 cm³/mol. The summed E-state index contributed by atoms with van der Waals surface area (Å²) in [6.07, 6.45) is -1.87. The summed E-state index contributed by atoms with van der Waals surface area (Å²) < 4.78 is 41.0. The van der Waals surface area contributed by atoms with E-state index in [4.69, 9.17) is 18.3 Å². The molecule has 1 amide bonds. The maximum Gasteiger partial charge on any atom is 0.475 e. The van der Waals surface area contributed by atoms with Gasteiger partial charge in [-0.3, -0.25) is 23.2 Å². The van der Waals surface area contributed by atoms with Crippen molar-refractivity contribution in [3.05, 3.63) is 35.9 Å². The van der Waals surface area contributed by atoms with Crippen molar-refractivity contribution >= 4 is 41.3 Å². The Kier molecular flexibility index (Phi) is 9.70. The smallest absolute Gasteiger partial charge is 0.469 e. The Morgan fingerprint density at radius 3 is 2.58 bits per heavy atom. The number of hydrogen-bond donors (Lipinski definition) is 1. The van der Waals surface area contributed by atoms with Crippen LogP contribution in [0.1, 0.15) is 25.8 Å². The van der Waals surface area contributed by atoms with Gasteiger partial charge in [-0.25, -0.2) is 4.57 Å². The molecule has 0 spiro atoms. The van der Waals surface area contributed by atoms with Crippen LogP contribution in [0, 0.1) is 5.41 Å². The molecular weight excluding hydrogens is 489 g/mol. The van der Waals surface area contributed by atoms with Gasteiger partial charge < -0.3 is 14.8 Å². The lowest BCUT2D eigenvalue weighted by Crippen LogP contribution is -2.50. The van der Waals surface area contributed by atoms with Gasteiger partial charge in [-0.05, 0) is 5.56 Å². The molecule has 9 nitrogen and oxygen atoms in total. The Bertz CT molecular complexity index is 856. The van der Waals surface area contributed by atoms with Crippen LogP contribution in [0.5, 0.6) is 0 Å². The second kappa shape index (κ2) is 12.1. The molecule has 0 aliphatic carbocycles. The topological polar surface area (TPSA) is 109 Å². The first-order chi connectivity index (χ1) is 15.7. The fourth-order valence-electron chi connectivity index (χ4n) is 3.21. The highest BCUT2D eigenvalue weighted by atomic mass is 33.1. The third-order valence-electron chi connectivity index (χ3n) is 5.17. The zero-order valence-corrected chi connectivity index (χ0v) is 21.4. The molecule has 0 unspecified atom stereocenters. The van der Waals surface area contributed by atoms with E-state index < -0.39 is 37.3 Å². The van der Waals surface area contributed by atoms with Crippen molar-refractivity contribution in [2.45, 2.75) is 45.2 Å². The summed E-state index contributed by atoms with van der Waals surface area (Å²) in [4.78, 5) is 24.0. The first kappa shape index (κ1) is 26.5. The van der Waals surface area contributed by atoms with Crippen LogP contribution in [0.2, 0.25) is 0 Å². The third-order valence-corrected chi connectivity index (χ3v) is 9.02. The van der Waals surface area contributed by atoms with Gasteiger partial charge in [0.1, 0.15) is 6.10 Å². The van der Waals surface area contributed by atoms with Gasteiger partial charge in [0, 0.05) is 23.5 Å². The third kappa shape index (κ3) is 7.71. The molecule has 33 heavy (non-hydrogen) atoms. The number of nitrogens with one attached hydrogen (secondary N) is 1. The number of hydrogen-bond acceptors (Lipinski definition) is 10. The van der Waals surface area contributed by atoms with Crippen molar-refractivity contribution in [3.8, 4) is 0 Å². The van der Waals surface area contributed by atoms with Gasteiger partial charge in [-0.2, -0.15) is 0 Å². The second-order valence-corrected chi connectivity index (χ2v) is 12.5. The SMILES string of the molecule is COC(=O)CCNC(=O)[C@@H]1O[P@@](=O)(O[C@H]2CSSC[C@@H]2OCc2ccccc2)OCC1(C)C. The summed E-state index contributed by atoms with van der Waals surface area (Å²) in [6, 6.07) is 9.77. The van der Waals surface area contributed by atoms with Crippen molar-refractivity contribution in [1.82, 2.24) is 5.32 Å². The number of ether oxygens (including phenoxy) is 2. The minimum Gasteiger partial charge on any atom is -0.469 e. The van der Waals surface area contributed by atoms with Gasteiger partial charge in [-0.1, -0.05) is 65.8 Å². The number of amides is 1. The minimum absolute atomic E-state index is 0.0174. The van der Waals surface area contributed by atoms with Gasteiger partial charge in [0.2, 0.25) is 5.91 Å². The average Bonchev–Trinajstić information content (AvgIpc) is 2.81. The number of carbonyl (C=O) groups is 2. The molecule has 3 rings (SSSR count). The molecule has 4 atom stereocenters. The Labute approximate surface area is 202 Å². The Balaban J connectivity index is 1.61. The standard InChI is InChI=1S/C21H30NO8PS2/c1-21(2)14-28-31(25,30-19(21)20(24)22-10-9-18(23)26-3)29-17-13-33-32-12-16(17)27-11-15-7-5-4-6-8-15/h4-8,16-17,19H,9-14H2,1-3H3,(H,22,24)/t16-,17-,19-,31+/m0/s1. The predicted octanol–water partition coefficient (Wildman–Crippen LogP) is 3.58. The molecule has 1 aromatic rings. The molecule has 184 valence electrons. The van der Waals surface area contributed by atoms with E-state index in [0.717, 1.165) is 5.56 Å². The van der Waals surface area contributed by atoms with Crippen LogP contribution in [0.15, 0.2) is 30.3 Å². The first-order valence-corrected chi connectivity index (χ1v) is 14.5. The second-order valence-electron chi connectivity index (χ2n) is 8.36. The number of carbonyl (C=O) groups excluding carboxylic acids is 2. The van der Waals surface area contributed by atoms with E-state index in [1.54, 1.807) is 35.4 Å². The summed E-state index contributed by atoms with van der Waals surface area (Å²) in [5.41, 5.74) is 0.286. The van der Waals surface area contributed by atoms with Gasteiger partial charge >= 0.3 is 13.8 Å². The molecular formula is C21H30NO8PS2. The molecule has 2 aliphatic heterocycles. The molecule has 1 aromatic carbocycles. The highest BCUT2D eigenvalue weighted by Crippen LogP contribution is 2.59. The maximum absolute atomic E-state index is 13.4. The van der Waals surface area contributed by atoms with Crippen molar-refractivity contribution < 1.29 is 37.2 Å². The fourth-order valence-corrected chi connectivity index (χ4v) is 7.59. The maximum atomic E-state index is 13.4. The number of esters is 1. The van der Waals surface area contributed by atoms with Gasteiger partial charge in [0.15, 0.2) is 6.10 Å². The molecule has 0 radical (unpaired) electrons. The average molecular weight is 520 g/mol.